The zero-order valence-electron chi connectivity index (χ0n) is 11.3. The third-order valence-electron chi connectivity index (χ3n) is 3.91. The molecule has 2 N–H and O–H groups in total. The van der Waals surface area contributed by atoms with Gasteiger partial charge in [-0.15, -0.1) is 0 Å². The van der Waals surface area contributed by atoms with E-state index in [-0.39, 0.29) is 0 Å². The maximum absolute atomic E-state index is 4.57. The SMILES string of the molecule is c1ccc(N2CCN=C2NCCC2CCNC2)cc1. The summed E-state index contributed by atoms with van der Waals surface area (Å²) in [7, 11) is 0. The molecular weight excluding hydrogens is 236 g/mol. The van der Waals surface area contributed by atoms with Crippen LogP contribution in [0.1, 0.15) is 12.8 Å². The molecule has 0 radical (unpaired) electrons. The molecular formula is C15H22N4. The van der Waals surface area contributed by atoms with Crippen molar-refractivity contribution in [2.45, 2.75) is 12.8 Å². The van der Waals surface area contributed by atoms with Crippen molar-refractivity contribution in [3.63, 3.8) is 0 Å². The lowest BCUT2D eigenvalue weighted by Gasteiger charge is -2.21. The van der Waals surface area contributed by atoms with Gasteiger partial charge in [-0.05, 0) is 44.0 Å². The van der Waals surface area contributed by atoms with Crippen LogP contribution in [-0.4, -0.2) is 38.7 Å². The minimum atomic E-state index is 0.833. The van der Waals surface area contributed by atoms with Crippen molar-refractivity contribution in [3.8, 4) is 0 Å². The fourth-order valence-electron chi connectivity index (χ4n) is 2.81. The van der Waals surface area contributed by atoms with E-state index >= 15 is 0 Å². The minimum absolute atomic E-state index is 0.833. The first-order valence-corrected chi connectivity index (χ1v) is 7.25. The Kier molecular flexibility index (Phi) is 3.98. The number of nitrogens with zero attached hydrogens (tertiary/aromatic N) is 2. The summed E-state index contributed by atoms with van der Waals surface area (Å²) >= 11 is 0. The predicted octanol–water partition coefficient (Wildman–Crippen LogP) is 1.45. The van der Waals surface area contributed by atoms with Gasteiger partial charge in [0.2, 0.25) is 0 Å². The van der Waals surface area contributed by atoms with Crippen LogP contribution >= 0.6 is 0 Å². The molecule has 3 rings (SSSR count). The molecule has 1 unspecified atom stereocenters. The smallest absolute Gasteiger partial charge is 0.198 e. The van der Waals surface area contributed by atoms with E-state index in [9.17, 15) is 0 Å². The zero-order valence-corrected chi connectivity index (χ0v) is 11.3. The van der Waals surface area contributed by atoms with Crippen molar-refractivity contribution in [1.29, 1.82) is 0 Å². The summed E-state index contributed by atoms with van der Waals surface area (Å²) in [4.78, 5) is 6.84. The molecule has 0 aromatic heterocycles. The van der Waals surface area contributed by atoms with Crippen LogP contribution in [0.2, 0.25) is 0 Å². The fourth-order valence-corrected chi connectivity index (χ4v) is 2.81. The number of hydrogen-bond donors (Lipinski definition) is 2. The lowest BCUT2D eigenvalue weighted by atomic mass is 10.1. The van der Waals surface area contributed by atoms with Crippen molar-refractivity contribution in [1.82, 2.24) is 10.6 Å². The normalized spacial score (nSPS) is 22.6. The lowest BCUT2D eigenvalue weighted by Crippen LogP contribution is -2.39. The Morgan fingerprint density at radius 3 is 3.00 bits per heavy atom. The Morgan fingerprint density at radius 2 is 2.21 bits per heavy atom. The van der Waals surface area contributed by atoms with E-state index in [1.807, 2.05) is 0 Å². The summed E-state index contributed by atoms with van der Waals surface area (Å²) in [6.07, 6.45) is 2.55. The Balaban J connectivity index is 1.52. The quantitative estimate of drug-likeness (QED) is 0.859. The average molecular weight is 258 g/mol. The maximum Gasteiger partial charge on any atom is 0.198 e. The Morgan fingerprint density at radius 1 is 1.32 bits per heavy atom. The largest absolute Gasteiger partial charge is 0.356 e. The molecule has 19 heavy (non-hydrogen) atoms. The number of para-hydroxylation sites is 1. The van der Waals surface area contributed by atoms with Gasteiger partial charge in [0, 0.05) is 18.8 Å². The summed E-state index contributed by atoms with van der Waals surface area (Å²) in [6, 6.07) is 10.5. The van der Waals surface area contributed by atoms with Crippen molar-refractivity contribution in [2.24, 2.45) is 10.9 Å². The van der Waals surface area contributed by atoms with Crippen LogP contribution in [0.25, 0.3) is 0 Å². The van der Waals surface area contributed by atoms with E-state index < -0.39 is 0 Å². The van der Waals surface area contributed by atoms with Crippen molar-refractivity contribution >= 4 is 11.6 Å². The van der Waals surface area contributed by atoms with Gasteiger partial charge < -0.3 is 15.5 Å². The maximum atomic E-state index is 4.57. The van der Waals surface area contributed by atoms with Crippen molar-refractivity contribution < 1.29 is 0 Å². The number of anilines is 1. The minimum Gasteiger partial charge on any atom is -0.356 e. The number of aliphatic imine (C=N–C) groups is 1. The van der Waals surface area contributed by atoms with Crippen LogP contribution in [0, 0.1) is 5.92 Å². The Hall–Kier alpha value is -1.55. The summed E-state index contributed by atoms with van der Waals surface area (Å²) in [6.45, 7) is 5.26. The highest BCUT2D eigenvalue weighted by molar-refractivity contribution is 5.97. The van der Waals surface area contributed by atoms with Crippen LogP contribution < -0.4 is 15.5 Å². The zero-order chi connectivity index (χ0) is 12.9. The summed E-state index contributed by atoms with van der Waals surface area (Å²) in [5.74, 6) is 1.87. The molecule has 102 valence electrons. The molecule has 0 aliphatic carbocycles. The molecule has 0 spiro atoms. The molecule has 1 saturated heterocycles. The third kappa shape index (κ3) is 3.07. The lowest BCUT2D eigenvalue weighted by molar-refractivity contribution is 0.527. The van der Waals surface area contributed by atoms with Crippen LogP contribution in [0.5, 0.6) is 0 Å². The highest BCUT2D eigenvalue weighted by atomic mass is 15.3. The van der Waals surface area contributed by atoms with Gasteiger partial charge in [0.05, 0.1) is 6.54 Å². The van der Waals surface area contributed by atoms with E-state index in [0.29, 0.717) is 0 Å². The molecule has 0 bridgehead atoms. The van der Waals surface area contributed by atoms with E-state index in [1.165, 1.54) is 31.6 Å². The first kappa shape index (κ1) is 12.5. The van der Waals surface area contributed by atoms with E-state index in [1.54, 1.807) is 0 Å². The van der Waals surface area contributed by atoms with Gasteiger partial charge in [0.15, 0.2) is 5.96 Å². The van der Waals surface area contributed by atoms with Gasteiger partial charge in [0.25, 0.3) is 0 Å². The van der Waals surface area contributed by atoms with E-state index in [4.69, 9.17) is 0 Å². The van der Waals surface area contributed by atoms with E-state index in [2.05, 4.69) is 50.9 Å². The van der Waals surface area contributed by atoms with Crippen LogP contribution in [-0.2, 0) is 0 Å². The molecule has 1 aromatic rings. The number of hydrogen-bond acceptors (Lipinski definition) is 4. The molecule has 0 amide bonds. The number of rotatable bonds is 4. The number of nitrogens with one attached hydrogen (secondary N) is 2. The topological polar surface area (TPSA) is 39.7 Å². The second-order valence-electron chi connectivity index (χ2n) is 5.27. The second kappa shape index (κ2) is 6.06. The highest BCUT2D eigenvalue weighted by Crippen LogP contribution is 2.16. The van der Waals surface area contributed by atoms with E-state index in [0.717, 1.165) is 31.5 Å². The molecule has 1 fully saturated rings. The first-order valence-electron chi connectivity index (χ1n) is 7.25. The van der Waals surface area contributed by atoms with Gasteiger partial charge in [-0.2, -0.15) is 0 Å². The molecule has 1 atom stereocenters. The molecule has 2 heterocycles. The molecule has 1 aromatic carbocycles. The highest BCUT2D eigenvalue weighted by Gasteiger charge is 2.19. The molecule has 2 aliphatic rings. The first-order chi connectivity index (χ1) is 9.43. The van der Waals surface area contributed by atoms with Gasteiger partial charge in [-0.1, -0.05) is 18.2 Å². The Bertz CT molecular complexity index is 423. The van der Waals surface area contributed by atoms with Crippen LogP contribution in [0.15, 0.2) is 35.3 Å². The third-order valence-corrected chi connectivity index (χ3v) is 3.91. The number of benzene rings is 1. The Labute approximate surface area is 114 Å². The summed E-state index contributed by atoms with van der Waals surface area (Å²) in [5, 5.41) is 6.92. The molecule has 2 aliphatic heterocycles. The molecule has 0 saturated carbocycles. The standard InChI is InChI=1S/C15H22N4/c1-2-4-14(5-3-1)19-11-10-18-15(19)17-9-7-13-6-8-16-12-13/h1-5,13,16H,6-12H2,(H,17,18). The average Bonchev–Trinajstić information content (AvgIpc) is 3.11. The van der Waals surface area contributed by atoms with Gasteiger partial charge in [0.1, 0.15) is 0 Å². The van der Waals surface area contributed by atoms with Crippen LogP contribution in [0.3, 0.4) is 0 Å². The monoisotopic (exact) mass is 258 g/mol. The number of guanidine groups is 1. The summed E-state index contributed by atoms with van der Waals surface area (Å²) in [5.41, 5.74) is 1.23. The van der Waals surface area contributed by atoms with Crippen LogP contribution in [0.4, 0.5) is 5.69 Å². The van der Waals surface area contributed by atoms with Crippen molar-refractivity contribution in [3.05, 3.63) is 30.3 Å². The van der Waals surface area contributed by atoms with Crippen molar-refractivity contribution in [2.75, 3.05) is 37.6 Å². The van der Waals surface area contributed by atoms with Gasteiger partial charge >= 0.3 is 0 Å². The molecule has 4 heteroatoms. The fraction of sp³-hybridized carbons (Fsp3) is 0.533. The summed E-state index contributed by atoms with van der Waals surface area (Å²) < 4.78 is 0. The van der Waals surface area contributed by atoms with Gasteiger partial charge in [-0.3, -0.25) is 4.99 Å². The van der Waals surface area contributed by atoms with Gasteiger partial charge in [-0.25, -0.2) is 0 Å². The second-order valence-corrected chi connectivity index (χ2v) is 5.27. The predicted molar refractivity (Wildman–Crippen MR) is 79.7 cm³/mol. The molecule has 4 nitrogen and oxygen atoms in total.